The summed E-state index contributed by atoms with van der Waals surface area (Å²) in [4.78, 5) is 24.6. The highest BCUT2D eigenvalue weighted by Gasteiger charge is 2.12. The zero-order valence-corrected chi connectivity index (χ0v) is 17.3. The van der Waals surface area contributed by atoms with Crippen LogP contribution in [0.1, 0.15) is 28.1 Å². The standard InChI is InChI=1S/C24H24N4O3/c1-28-16-18(15-26-28)5-4-12-25-23(29)13-17-8-10-20(11-9-17)27-24(30)22-14-19-6-2-3-7-21(19)31-22/h2-3,6-11,14-16H,4-5,12-13H2,1H3,(H,25,29)(H,27,30). The van der Waals surface area contributed by atoms with Crippen molar-refractivity contribution in [3.63, 3.8) is 0 Å². The van der Waals surface area contributed by atoms with Crippen molar-refractivity contribution in [2.75, 3.05) is 11.9 Å². The first-order chi connectivity index (χ1) is 15.1. The lowest BCUT2D eigenvalue weighted by Crippen LogP contribution is -2.26. The molecule has 4 rings (SSSR count). The summed E-state index contributed by atoms with van der Waals surface area (Å²) in [7, 11) is 1.89. The average molecular weight is 416 g/mol. The van der Waals surface area contributed by atoms with E-state index in [1.807, 2.05) is 55.8 Å². The van der Waals surface area contributed by atoms with Crippen molar-refractivity contribution in [1.82, 2.24) is 15.1 Å². The number of aromatic nitrogens is 2. The third kappa shape index (κ3) is 5.39. The summed E-state index contributed by atoms with van der Waals surface area (Å²) in [6, 6.07) is 16.4. The third-order valence-electron chi connectivity index (χ3n) is 4.95. The lowest BCUT2D eigenvalue weighted by molar-refractivity contribution is -0.120. The third-order valence-corrected chi connectivity index (χ3v) is 4.95. The van der Waals surface area contributed by atoms with Crippen LogP contribution in [0.5, 0.6) is 0 Å². The maximum absolute atomic E-state index is 12.4. The van der Waals surface area contributed by atoms with E-state index in [9.17, 15) is 9.59 Å². The summed E-state index contributed by atoms with van der Waals surface area (Å²) in [6.45, 7) is 0.624. The second-order valence-electron chi connectivity index (χ2n) is 7.45. The Hall–Kier alpha value is -3.87. The van der Waals surface area contributed by atoms with Gasteiger partial charge in [0.1, 0.15) is 5.58 Å². The van der Waals surface area contributed by atoms with Crippen molar-refractivity contribution in [3.8, 4) is 0 Å². The number of benzene rings is 2. The fraction of sp³-hybridized carbons (Fsp3) is 0.208. The van der Waals surface area contributed by atoms with Gasteiger partial charge >= 0.3 is 0 Å². The topological polar surface area (TPSA) is 89.2 Å². The Kier molecular flexibility index (Phi) is 6.12. The summed E-state index contributed by atoms with van der Waals surface area (Å²) in [5.41, 5.74) is 3.36. The van der Waals surface area contributed by atoms with Crippen molar-refractivity contribution >= 4 is 28.5 Å². The predicted molar refractivity (Wildman–Crippen MR) is 119 cm³/mol. The van der Waals surface area contributed by atoms with Crippen LogP contribution in [0.4, 0.5) is 5.69 Å². The molecule has 0 saturated heterocycles. The fourth-order valence-corrected chi connectivity index (χ4v) is 3.36. The highest BCUT2D eigenvalue weighted by Crippen LogP contribution is 2.20. The second kappa shape index (κ2) is 9.30. The average Bonchev–Trinajstić information content (AvgIpc) is 3.38. The van der Waals surface area contributed by atoms with Gasteiger partial charge in [0.15, 0.2) is 5.76 Å². The Morgan fingerprint density at radius 1 is 1.06 bits per heavy atom. The van der Waals surface area contributed by atoms with Crippen LogP contribution in [-0.4, -0.2) is 28.1 Å². The summed E-state index contributed by atoms with van der Waals surface area (Å²) < 4.78 is 7.36. The molecule has 2 heterocycles. The summed E-state index contributed by atoms with van der Waals surface area (Å²) in [5.74, 6) is -0.0727. The van der Waals surface area contributed by atoms with E-state index < -0.39 is 0 Å². The van der Waals surface area contributed by atoms with Gasteiger partial charge < -0.3 is 15.1 Å². The molecule has 0 aliphatic heterocycles. The fourth-order valence-electron chi connectivity index (χ4n) is 3.36. The van der Waals surface area contributed by atoms with Gasteiger partial charge in [-0.25, -0.2) is 0 Å². The van der Waals surface area contributed by atoms with E-state index in [1.165, 1.54) is 0 Å². The summed E-state index contributed by atoms with van der Waals surface area (Å²) in [6.07, 6.45) is 5.87. The Morgan fingerprint density at radius 3 is 2.61 bits per heavy atom. The monoisotopic (exact) mass is 416 g/mol. The Balaban J connectivity index is 1.23. The minimum absolute atomic E-state index is 0.0229. The number of carbonyl (C=O) groups excluding carboxylic acids is 2. The number of fused-ring (bicyclic) bond motifs is 1. The molecule has 2 aromatic heterocycles. The second-order valence-corrected chi connectivity index (χ2v) is 7.45. The molecule has 0 unspecified atom stereocenters. The van der Waals surface area contributed by atoms with Crippen LogP contribution in [0.15, 0.2) is 71.4 Å². The van der Waals surface area contributed by atoms with Crippen molar-refractivity contribution < 1.29 is 14.0 Å². The van der Waals surface area contributed by atoms with Gasteiger partial charge in [-0.1, -0.05) is 30.3 Å². The number of anilines is 1. The van der Waals surface area contributed by atoms with Gasteiger partial charge in [-0.05, 0) is 48.2 Å². The van der Waals surface area contributed by atoms with Gasteiger partial charge in [0, 0.05) is 30.9 Å². The molecule has 0 aliphatic rings. The molecule has 0 spiro atoms. The lowest BCUT2D eigenvalue weighted by atomic mass is 10.1. The maximum Gasteiger partial charge on any atom is 0.291 e. The van der Waals surface area contributed by atoms with E-state index in [-0.39, 0.29) is 17.6 Å². The first-order valence-corrected chi connectivity index (χ1v) is 10.2. The van der Waals surface area contributed by atoms with Crippen LogP contribution >= 0.6 is 0 Å². The van der Waals surface area contributed by atoms with E-state index in [0.29, 0.717) is 24.2 Å². The molecule has 0 atom stereocenters. The number of furan rings is 1. The van der Waals surface area contributed by atoms with Crippen LogP contribution in [0.25, 0.3) is 11.0 Å². The molecule has 0 fully saturated rings. The number of amides is 2. The van der Waals surface area contributed by atoms with Crippen LogP contribution < -0.4 is 10.6 Å². The van der Waals surface area contributed by atoms with Gasteiger partial charge in [0.25, 0.3) is 5.91 Å². The van der Waals surface area contributed by atoms with E-state index in [1.54, 1.807) is 22.9 Å². The first-order valence-electron chi connectivity index (χ1n) is 10.2. The number of para-hydroxylation sites is 1. The summed E-state index contributed by atoms with van der Waals surface area (Å²) in [5, 5.41) is 10.8. The molecule has 0 saturated carbocycles. The van der Waals surface area contributed by atoms with Crippen molar-refractivity contribution in [2.45, 2.75) is 19.3 Å². The van der Waals surface area contributed by atoms with Crippen LogP contribution in [0.3, 0.4) is 0 Å². The molecule has 4 aromatic rings. The maximum atomic E-state index is 12.4. The van der Waals surface area contributed by atoms with E-state index >= 15 is 0 Å². The molecule has 31 heavy (non-hydrogen) atoms. The van der Waals surface area contributed by atoms with Gasteiger partial charge in [0.2, 0.25) is 5.91 Å². The number of hydrogen-bond acceptors (Lipinski definition) is 4. The quantitative estimate of drug-likeness (QED) is 0.429. The molecule has 7 nitrogen and oxygen atoms in total. The molecular weight excluding hydrogens is 392 g/mol. The van der Waals surface area contributed by atoms with E-state index in [2.05, 4.69) is 15.7 Å². The SMILES string of the molecule is Cn1cc(CCCNC(=O)Cc2ccc(NC(=O)c3cc4ccccc4o3)cc2)cn1. The normalized spacial score (nSPS) is 10.9. The number of nitrogens with one attached hydrogen (secondary N) is 2. The number of aryl methyl sites for hydroxylation is 2. The molecule has 0 aliphatic carbocycles. The summed E-state index contributed by atoms with van der Waals surface area (Å²) >= 11 is 0. The van der Waals surface area contributed by atoms with Gasteiger partial charge in [-0.3, -0.25) is 14.3 Å². The van der Waals surface area contributed by atoms with Crippen LogP contribution in [0.2, 0.25) is 0 Å². The minimum atomic E-state index is -0.310. The zero-order valence-electron chi connectivity index (χ0n) is 17.3. The minimum Gasteiger partial charge on any atom is -0.451 e. The van der Waals surface area contributed by atoms with E-state index in [0.717, 1.165) is 29.4 Å². The Morgan fingerprint density at radius 2 is 1.87 bits per heavy atom. The highest BCUT2D eigenvalue weighted by molar-refractivity contribution is 6.04. The smallest absolute Gasteiger partial charge is 0.291 e. The molecule has 2 amide bonds. The predicted octanol–water partition coefficient (Wildman–Crippen LogP) is 3.71. The molecule has 2 aromatic carbocycles. The van der Waals surface area contributed by atoms with Gasteiger partial charge in [0.05, 0.1) is 12.6 Å². The lowest BCUT2D eigenvalue weighted by Gasteiger charge is -2.07. The molecule has 158 valence electrons. The van der Waals surface area contributed by atoms with Crippen LogP contribution in [-0.2, 0) is 24.7 Å². The Bertz CT molecular complexity index is 1160. The molecule has 0 bridgehead atoms. The van der Waals surface area contributed by atoms with Crippen LogP contribution in [0, 0.1) is 0 Å². The molecule has 2 N–H and O–H groups in total. The van der Waals surface area contributed by atoms with Crippen molar-refractivity contribution in [2.24, 2.45) is 7.05 Å². The molecule has 7 heteroatoms. The molecule has 0 radical (unpaired) electrons. The van der Waals surface area contributed by atoms with Crippen molar-refractivity contribution in [3.05, 3.63) is 83.9 Å². The number of nitrogens with zero attached hydrogens (tertiary/aromatic N) is 2. The van der Waals surface area contributed by atoms with Crippen molar-refractivity contribution in [1.29, 1.82) is 0 Å². The number of rotatable bonds is 8. The number of carbonyl (C=O) groups is 2. The largest absolute Gasteiger partial charge is 0.451 e. The molecular formula is C24H24N4O3. The zero-order chi connectivity index (χ0) is 21.6. The van der Waals surface area contributed by atoms with E-state index in [4.69, 9.17) is 4.42 Å². The van der Waals surface area contributed by atoms with Gasteiger partial charge in [-0.15, -0.1) is 0 Å². The number of hydrogen-bond donors (Lipinski definition) is 2. The first kappa shape index (κ1) is 20.4. The highest BCUT2D eigenvalue weighted by atomic mass is 16.3. The Labute approximate surface area is 180 Å². The van der Waals surface area contributed by atoms with Gasteiger partial charge in [-0.2, -0.15) is 5.10 Å².